The average Bonchev–Trinajstić information content (AvgIpc) is 1.27. The quantitative estimate of drug-likeness (QED) is 0.464. The smallest absolute Gasteiger partial charge is 0.326 e. The van der Waals surface area contributed by atoms with Crippen molar-refractivity contribution in [3.8, 4) is 0 Å². The summed E-state index contributed by atoms with van der Waals surface area (Å²) < 4.78 is 26.8. The largest absolute Gasteiger partial charge is 0.413 e. The van der Waals surface area contributed by atoms with Crippen molar-refractivity contribution in [1.29, 1.82) is 0 Å². The van der Waals surface area contributed by atoms with Gasteiger partial charge in [0.1, 0.15) is 0 Å². The number of rotatable bonds is 0. The van der Waals surface area contributed by atoms with Crippen molar-refractivity contribution in [2.75, 3.05) is 0 Å². The maximum Gasteiger partial charge on any atom is 0.413 e. The second-order valence-corrected chi connectivity index (χ2v) is 3.28. The fraction of sp³-hybridized carbons (Fsp3) is 0. The van der Waals surface area contributed by atoms with Gasteiger partial charge in [-0.3, -0.25) is 0 Å². The maximum absolute atomic E-state index is 9.71. The van der Waals surface area contributed by atoms with Gasteiger partial charge in [-0.2, -0.15) is 16.4 Å². The van der Waals surface area contributed by atoms with Crippen LogP contribution in [0.4, 0.5) is 0 Å². The van der Waals surface area contributed by atoms with Gasteiger partial charge < -0.3 is 4.89 Å². The first kappa shape index (κ1) is 5.40. The molecule has 0 bridgehead atoms. The van der Waals surface area contributed by atoms with E-state index in [0.29, 0.717) is 0 Å². The first-order chi connectivity index (χ1) is 3.10. The van der Waals surface area contributed by atoms with Crippen LogP contribution in [0.15, 0.2) is 0 Å². The van der Waals surface area contributed by atoms with E-state index in [9.17, 15) is 8.42 Å². The Morgan fingerprint density at radius 2 is 1.86 bits per heavy atom. The van der Waals surface area contributed by atoms with Crippen LogP contribution < -0.4 is 0 Å². The van der Waals surface area contributed by atoms with Gasteiger partial charge in [0.25, 0.3) is 0 Å². The molecule has 0 unspecified atom stereocenters. The van der Waals surface area contributed by atoms with Crippen LogP contribution in [-0.4, -0.2) is 13.3 Å². The molecule has 0 radical (unpaired) electrons. The van der Waals surface area contributed by atoms with E-state index in [1.807, 2.05) is 0 Å². The van der Waals surface area contributed by atoms with Crippen LogP contribution in [0.3, 0.4) is 0 Å². The molecule has 1 heterocycles. The minimum absolute atomic E-state index is 2.09. The van der Waals surface area contributed by atoms with Crippen LogP contribution in [0.25, 0.3) is 0 Å². The topological polar surface area (TPSA) is 72.8 Å². The minimum atomic E-state index is -3.75. The molecule has 0 spiro atoms. The summed E-state index contributed by atoms with van der Waals surface area (Å²) in [4.78, 5) is 8.02. The van der Waals surface area contributed by atoms with Crippen molar-refractivity contribution in [2.24, 2.45) is 0 Å². The third-order valence-corrected chi connectivity index (χ3v) is 2.79. The van der Waals surface area contributed by atoms with E-state index in [4.69, 9.17) is 4.89 Å². The zero-order valence-corrected chi connectivity index (χ0v) is 4.65. The molecule has 0 amide bonds. The lowest BCUT2D eigenvalue weighted by atomic mass is 15.7. The molecule has 7 heteroatoms. The van der Waals surface area contributed by atoms with Crippen molar-refractivity contribution in [3.63, 3.8) is 0 Å². The maximum atomic E-state index is 9.71. The van der Waals surface area contributed by atoms with Gasteiger partial charge in [0, 0.05) is 0 Å². The molecule has 0 aromatic heterocycles. The second kappa shape index (κ2) is 1.37. The van der Waals surface area contributed by atoms with E-state index >= 15 is 0 Å². The Balaban J connectivity index is 2.61. The lowest BCUT2D eigenvalue weighted by molar-refractivity contribution is 0.280. The van der Waals surface area contributed by atoms with Gasteiger partial charge in [0.2, 0.25) is 0 Å². The van der Waals surface area contributed by atoms with Crippen molar-refractivity contribution in [1.82, 2.24) is 0 Å². The highest BCUT2D eigenvalue weighted by molar-refractivity contribution is 7.94. The summed E-state index contributed by atoms with van der Waals surface area (Å²) >= 11 is 0. The summed E-state index contributed by atoms with van der Waals surface area (Å²) in [7, 11) is -5.85. The molecule has 1 saturated heterocycles. The van der Waals surface area contributed by atoms with Crippen LogP contribution in [0, 0.1) is 0 Å². The van der Waals surface area contributed by atoms with E-state index in [2.05, 4.69) is 7.94 Å². The highest BCUT2D eigenvalue weighted by atomic mass is 32.3. The predicted octanol–water partition coefficient (Wildman–Crippen LogP) is -0.503. The summed E-state index contributed by atoms with van der Waals surface area (Å²) in [6.45, 7) is 0. The number of hydrogen-bond acceptors (Lipinski definition) is 5. The van der Waals surface area contributed by atoms with Crippen molar-refractivity contribution in [2.45, 2.75) is 0 Å². The molecule has 1 N–H and O–H groups in total. The molecule has 5 nitrogen and oxygen atoms in total. The standard InChI is InChI=1S/HO5PS/c1-6-4-7(2,3)5-6/h1H. The van der Waals surface area contributed by atoms with Crippen LogP contribution >= 0.6 is 8.60 Å². The normalized spacial score (nSPS) is 29.3. The number of hydrogen-bond donors (Lipinski definition) is 1. The zero-order chi connectivity index (χ0) is 5.49. The van der Waals surface area contributed by atoms with Crippen LogP contribution in [0.5, 0.6) is 0 Å². The first-order valence-electron chi connectivity index (χ1n) is 1.23. The highest BCUT2D eigenvalue weighted by Gasteiger charge is 2.36. The van der Waals surface area contributed by atoms with Gasteiger partial charge in [0.15, 0.2) is 0 Å². The Labute approximate surface area is 41.2 Å². The molecule has 0 saturated carbocycles. The monoisotopic (exact) mass is 144 g/mol. The lowest BCUT2D eigenvalue weighted by Gasteiger charge is -2.15. The molecule has 1 rings (SSSR count). The SMILES string of the molecule is O=S1(=O)OP(O)O1. The Kier molecular flexibility index (Phi) is 1.05. The van der Waals surface area contributed by atoms with E-state index in [0.717, 1.165) is 0 Å². The van der Waals surface area contributed by atoms with E-state index in [-0.39, 0.29) is 0 Å². The minimum Gasteiger partial charge on any atom is -0.326 e. The van der Waals surface area contributed by atoms with Crippen molar-refractivity contribution < 1.29 is 21.3 Å². The van der Waals surface area contributed by atoms with E-state index in [1.165, 1.54) is 0 Å². The van der Waals surface area contributed by atoms with E-state index in [1.54, 1.807) is 0 Å². The van der Waals surface area contributed by atoms with Gasteiger partial charge >= 0.3 is 19.0 Å². The predicted molar refractivity (Wildman–Crippen MR) is 20.2 cm³/mol. The molecule has 0 aromatic rings. The van der Waals surface area contributed by atoms with Crippen molar-refractivity contribution >= 4 is 19.0 Å². The molecule has 0 atom stereocenters. The average molecular weight is 144 g/mol. The van der Waals surface area contributed by atoms with Crippen LogP contribution in [0.1, 0.15) is 0 Å². The van der Waals surface area contributed by atoms with Gasteiger partial charge in [0.05, 0.1) is 0 Å². The zero-order valence-electron chi connectivity index (χ0n) is 2.94. The third kappa shape index (κ3) is 1.08. The molecule has 7 heavy (non-hydrogen) atoms. The molecule has 0 aromatic carbocycles. The Hall–Kier alpha value is 0.260. The van der Waals surface area contributed by atoms with Gasteiger partial charge in [-0.25, -0.2) is 0 Å². The molecule has 1 aliphatic rings. The fourth-order valence-corrected chi connectivity index (χ4v) is 1.46. The summed E-state index contributed by atoms with van der Waals surface area (Å²) in [5.41, 5.74) is 0. The summed E-state index contributed by atoms with van der Waals surface area (Å²) in [6, 6.07) is 0. The van der Waals surface area contributed by atoms with E-state index < -0.39 is 19.0 Å². The molecular weight excluding hydrogens is 143 g/mol. The second-order valence-electron chi connectivity index (χ2n) is 0.795. The summed E-state index contributed by atoms with van der Waals surface area (Å²) in [5, 5.41) is 0. The Morgan fingerprint density at radius 1 is 1.43 bits per heavy atom. The molecule has 0 aliphatic carbocycles. The molecular formula is HO5PS. The van der Waals surface area contributed by atoms with Crippen LogP contribution in [-0.2, 0) is 18.3 Å². The fourth-order valence-electron chi connectivity index (χ4n) is 0.162. The summed E-state index contributed by atoms with van der Waals surface area (Å²) in [5.74, 6) is 0. The van der Waals surface area contributed by atoms with Gasteiger partial charge in [-0.1, -0.05) is 0 Å². The molecule has 1 aliphatic heterocycles. The Morgan fingerprint density at radius 3 is 1.86 bits per heavy atom. The van der Waals surface area contributed by atoms with Gasteiger partial charge in [-0.15, -0.1) is 0 Å². The first-order valence-corrected chi connectivity index (χ1v) is 3.70. The molecule has 1 fully saturated rings. The summed E-state index contributed by atoms with van der Waals surface area (Å²) in [6.07, 6.45) is 0. The third-order valence-electron chi connectivity index (χ3n) is 0.310. The highest BCUT2D eigenvalue weighted by Crippen LogP contribution is 2.48. The Bertz CT molecular complexity index is 143. The van der Waals surface area contributed by atoms with Crippen LogP contribution in [0.2, 0.25) is 0 Å². The molecule has 42 valence electrons. The van der Waals surface area contributed by atoms with Gasteiger partial charge in [-0.05, 0) is 0 Å². The lowest BCUT2D eigenvalue weighted by Crippen LogP contribution is -2.14. The van der Waals surface area contributed by atoms with Crippen molar-refractivity contribution in [3.05, 3.63) is 0 Å².